The molecule has 0 amide bonds. The second-order valence-corrected chi connectivity index (χ2v) is 23.9. The highest BCUT2D eigenvalue weighted by molar-refractivity contribution is 7.80. The summed E-state index contributed by atoms with van der Waals surface area (Å²) in [6, 6.07) is -8.10. The maximum absolute atomic E-state index is 12.1. The number of rotatable bonds is 18. The number of likely N-dealkylation sites (N-methyl/N-ethyl adjacent to an activating group) is 2. The zero-order chi connectivity index (χ0) is 73.7. The number of aliphatic hydroxyl groups is 14. The molecule has 2 aliphatic carbocycles. The molecule has 0 radical (unpaired) electrons. The van der Waals surface area contributed by atoms with E-state index in [4.69, 9.17) is 136 Å². The predicted octanol–water partition coefficient (Wildman–Crippen LogP) is -18.1. The summed E-state index contributed by atoms with van der Waals surface area (Å²) in [7, 11) is -11.2. The fourth-order valence-electron chi connectivity index (χ4n) is 10.2. The van der Waals surface area contributed by atoms with E-state index in [9.17, 15) is 81.1 Å². The van der Waals surface area contributed by atoms with E-state index < -0.39 is 251 Å². The van der Waals surface area contributed by atoms with Crippen LogP contribution >= 0.6 is 0 Å². The van der Waals surface area contributed by atoms with Crippen LogP contribution in [0.3, 0.4) is 0 Å². The number of hydrogen-bond acceptors (Lipinski definition) is 36. The third kappa shape index (κ3) is 23.6. The zero-order valence-corrected chi connectivity index (χ0v) is 52.3. The van der Waals surface area contributed by atoms with Crippen molar-refractivity contribution in [2.24, 2.45) is 55.1 Å². The van der Waals surface area contributed by atoms with Crippen molar-refractivity contribution in [1.29, 1.82) is 5.41 Å². The SMILES string of the molecule is CN[C@@H]1[C@H](O[C@H]2[C@H](O[C@H]3[C@H](O)[C@@H](O)[C@H](N=C(N)N)[C@@H](O)[C@@H]3N=C(N)N)O[C@@H](C)[C@]2(O)C=O)O[C@@H](CO)[C@H](O)[C@H]1O.CN[C@@H]1[C@H](O[C@H]2[C@H](O[C@H]3[C@H](O)[C@@H](O)[C@H](N=C(N)N)[C@@H](O)[C@@H]3NC(=N)N)O[C@@H](C)[C@]2(O)C=O)O[C@@H](CO)[C@H](O)[C@H]1O.O=S(=O)(O)O.O=S(=O)(O)O.O=S(=O)(O)O. The Morgan fingerprint density at radius 2 is 0.768 bits per heavy atom. The van der Waals surface area contributed by atoms with Crippen molar-refractivity contribution in [3.8, 4) is 0 Å². The normalized spacial score (nSPS) is 41.8. The molecule has 2 saturated carbocycles. The second kappa shape index (κ2) is 35.7. The van der Waals surface area contributed by atoms with Gasteiger partial charge in [-0.25, -0.2) is 15.0 Å². The number of nitrogens with one attached hydrogen (secondary N) is 4. The van der Waals surface area contributed by atoms with E-state index in [1.54, 1.807) is 0 Å². The Balaban J connectivity index is 0.000000531. The first-order valence-corrected chi connectivity index (χ1v) is 31.1. The van der Waals surface area contributed by atoms with Gasteiger partial charge in [0.05, 0.1) is 43.5 Å². The first-order chi connectivity index (χ1) is 43.4. The number of hydrogen-bond donors (Lipinski definition) is 31. The maximum atomic E-state index is 12.1. The van der Waals surface area contributed by atoms with Gasteiger partial charge in [0.25, 0.3) is 0 Å². The highest BCUT2D eigenvalue weighted by Gasteiger charge is 2.63. The van der Waals surface area contributed by atoms with Crippen molar-refractivity contribution >= 4 is 67.6 Å². The summed E-state index contributed by atoms with van der Waals surface area (Å²) in [5.41, 5.74) is 33.2. The lowest BCUT2D eigenvalue weighted by Crippen LogP contribution is -2.70. The van der Waals surface area contributed by atoms with Crippen LogP contribution in [0.1, 0.15) is 13.8 Å². The van der Waals surface area contributed by atoms with Crippen molar-refractivity contribution in [2.75, 3.05) is 27.3 Å². The zero-order valence-electron chi connectivity index (χ0n) is 49.8. The van der Waals surface area contributed by atoms with E-state index in [-0.39, 0.29) is 12.6 Å². The van der Waals surface area contributed by atoms with Gasteiger partial charge in [0, 0.05) is 0 Å². The van der Waals surface area contributed by atoms with Crippen LogP contribution in [0.5, 0.6) is 0 Å². The number of carbonyl (C=O) groups is 2. The van der Waals surface area contributed by atoms with Crippen molar-refractivity contribution in [2.45, 2.75) is 196 Å². The van der Waals surface area contributed by atoms with E-state index in [1.807, 2.05) is 0 Å². The number of ether oxygens (including phenoxy) is 8. The smallest absolute Gasteiger partial charge is 0.394 e. The first-order valence-electron chi connectivity index (χ1n) is 26.9. The topological polar surface area (TPSA) is 894 Å². The van der Waals surface area contributed by atoms with E-state index in [0.29, 0.717) is 0 Å². The monoisotopic (exact) mass is 1460 g/mol. The lowest BCUT2D eigenvalue weighted by molar-refractivity contribution is -0.314. The summed E-state index contributed by atoms with van der Waals surface area (Å²) in [6.45, 7) is 1.24. The van der Waals surface area contributed by atoms with Gasteiger partial charge in [-0.05, 0) is 27.9 Å². The minimum atomic E-state index is -4.67. The number of nitrogens with zero attached hydrogens (tertiary/aromatic N) is 3. The van der Waals surface area contributed by atoms with Crippen molar-refractivity contribution in [3.63, 3.8) is 0 Å². The Kier molecular flexibility index (Phi) is 32.4. The molecule has 556 valence electrons. The second-order valence-electron chi connectivity index (χ2n) is 21.2. The number of aliphatic imine (C=N–C) groups is 3. The standard InChI is InChI=1S/2C21H39N7O12.3H2O4S/c2*1-5-21(36,4-30)16(40-17-9(26-2)13(34)10(31)6(3-29)38-17)18(37-5)39-15-8(28-20(24)25)11(32)7(27-19(22)23)12(33)14(15)35;3*1-5(2,3)4/h2*4-18,26,29,31-36H,3H2,1-2H3,(H4,22,23,27)(H4,24,25,28);3*(H2,1,2,3,4)/t2*5-,6-,7+,8-,9-,10-,11+,12-,13-,14+,15+,16-,17-,18-,21+;;;/m00.../s1. The van der Waals surface area contributed by atoms with Gasteiger partial charge in [0.1, 0.15) is 116 Å². The molecule has 6 aliphatic rings. The lowest BCUT2D eigenvalue weighted by Gasteiger charge is -2.46. The number of aliphatic hydroxyl groups excluding tert-OH is 12. The van der Waals surface area contributed by atoms with E-state index in [2.05, 4.69) is 30.9 Å². The molecule has 0 bridgehead atoms. The molecule has 30 atom stereocenters. The Labute approximate surface area is 537 Å². The van der Waals surface area contributed by atoms with Gasteiger partial charge in [-0.15, -0.1) is 0 Å². The molecule has 0 spiro atoms. The third-order valence-electron chi connectivity index (χ3n) is 14.7. The van der Waals surface area contributed by atoms with Crippen molar-refractivity contribution < 1.29 is 172 Å². The summed E-state index contributed by atoms with van der Waals surface area (Å²) in [4.78, 5) is 35.5. The summed E-state index contributed by atoms with van der Waals surface area (Å²) < 4.78 is 141. The molecule has 6 rings (SSSR count). The van der Waals surface area contributed by atoms with Crippen LogP contribution in [0.15, 0.2) is 15.0 Å². The molecule has 4 saturated heterocycles. The number of aldehydes is 2. The van der Waals surface area contributed by atoms with Gasteiger partial charge in [-0.1, -0.05) is 0 Å². The summed E-state index contributed by atoms with van der Waals surface area (Å²) in [6.07, 6.45) is -34.6. The largest absolute Gasteiger partial charge is 0.394 e. The minimum Gasteiger partial charge on any atom is -0.394 e. The average molecular weight is 1460 g/mol. The van der Waals surface area contributed by atoms with E-state index >= 15 is 0 Å². The quantitative estimate of drug-likeness (QED) is 0.0262. The highest BCUT2D eigenvalue weighted by Crippen LogP contribution is 2.41. The van der Waals surface area contributed by atoms with Gasteiger partial charge in [0.2, 0.25) is 0 Å². The number of nitrogens with two attached hydrogens (primary N) is 7. The molecule has 38 N–H and O–H groups in total. The van der Waals surface area contributed by atoms with Crippen LogP contribution in [0.2, 0.25) is 0 Å². The molecule has 0 unspecified atom stereocenters. The van der Waals surface area contributed by atoms with Crippen LogP contribution < -0.4 is 56.1 Å². The Morgan fingerprint density at radius 1 is 0.463 bits per heavy atom. The highest BCUT2D eigenvalue weighted by atomic mass is 32.3. The van der Waals surface area contributed by atoms with Gasteiger partial charge < -0.3 is 165 Å². The molecule has 6 fully saturated rings. The van der Waals surface area contributed by atoms with Crippen LogP contribution in [0.4, 0.5) is 0 Å². The predicted molar refractivity (Wildman–Crippen MR) is 308 cm³/mol. The molecule has 50 nitrogen and oxygen atoms in total. The van der Waals surface area contributed by atoms with Crippen LogP contribution in [0, 0.1) is 5.41 Å². The molecule has 0 aromatic heterocycles. The molecule has 53 heteroatoms. The van der Waals surface area contributed by atoms with Crippen molar-refractivity contribution in [3.05, 3.63) is 0 Å². The summed E-state index contributed by atoms with van der Waals surface area (Å²) in [5.74, 6) is -2.19. The summed E-state index contributed by atoms with van der Waals surface area (Å²) >= 11 is 0. The molecule has 4 heterocycles. The summed E-state index contributed by atoms with van der Waals surface area (Å²) in [5, 5.41) is 163. The van der Waals surface area contributed by atoms with Gasteiger partial charge in [-0.2, -0.15) is 25.3 Å². The third-order valence-corrected chi connectivity index (χ3v) is 14.7. The van der Waals surface area contributed by atoms with Crippen LogP contribution in [-0.2, 0) is 78.7 Å². The van der Waals surface area contributed by atoms with Gasteiger partial charge in [0.15, 0.2) is 72.8 Å². The molecule has 95 heavy (non-hydrogen) atoms. The molecule has 0 aromatic rings. The average Bonchev–Trinajstić information content (AvgIpc) is 1.68. The molecular weight excluding hydrogens is 1370 g/mol. The lowest BCUT2D eigenvalue weighted by atomic mass is 9.81. The van der Waals surface area contributed by atoms with E-state index in [1.165, 1.54) is 27.9 Å². The molecule has 0 aromatic carbocycles. The van der Waals surface area contributed by atoms with Gasteiger partial charge >= 0.3 is 31.2 Å². The Hall–Kier alpha value is -4.93. The van der Waals surface area contributed by atoms with Crippen LogP contribution in [0.25, 0.3) is 0 Å². The molecular formula is C42H84N14O36S3. The maximum Gasteiger partial charge on any atom is 0.394 e. The van der Waals surface area contributed by atoms with E-state index in [0.717, 1.165) is 0 Å². The Morgan fingerprint density at radius 3 is 1.06 bits per heavy atom. The number of carbonyl (C=O) groups excluding carboxylic acids is 2. The van der Waals surface area contributed by atoms with Gasteiger partial charge in [-0.3, -0.25) is 42.3 Å². The van der Waals surface area contributed by atoms with Crippen molar-refractivity contribution in [1.82, 2.24) is 16.0 Å². The fraction of sp³-hybridized carbons (Fsp3) is 0.857. The minimum absolute atomic E-state index is 0.138. The van der Waals surface area contributed by atoms with Crippen LogP contribution in [-0.4, -0.2) is 370 Å². The number of guanidine groups is 4. The fourth-order valence-corrected chi connectivity index (χ4v) is 10.2. The first kappa shape index (κ1) is 86.2. The molecule has 4 aliphatic heterocycles. The Bertz CT molecular complexity index is 2820.